The van der Waals surface area contributed by atoms with Gasteiger partial charge in [-0.25, -0.2) is 4.98 Å². The van der Waals surface area contributed by atoms with E-state index in [0.29, 0.717) is 22.8 Å². The lowest BCUT2D eigenvalue weighted by Gasteiger charge is -2.25. The highest BCUT2D eigenvalue weighted by Crippen LogP contribution is 2.47. The highest BCUT2D eigenvalue weighted by atomic mass is 16.5. The third-order valence-electron chi connectivity index (χ3n) is 7.74. The minimum absolute atomic E-state index is 0.0813. The summed E-state index contributed by atoms with van der Waals surface area (Å²) in [6, 6.07) is 24.4. The summed E-state index contributed by atoms with van der Waals surface area (Å²) in [7, 11) is 1.60. The molecule has 7 heteroatoms. The molecule has 0 saturated heterocycles. The third-order valence-corrected chi connectivity index (χ3v) is 7.74. The molecule has 0 bridgehead atoms. The van der Waals surface area contributed by atoms with Crippen molar-refractivity contribution in [3.05, 3.63) is 114 Å². The number of nitrogens with zero attached hydrogens (tertiary/aromatic N) is 2. The van der Waals surface area contributed by atoms with Gasteiger partial charge in [0.2, 0.25) is 11.8 Å². The van der Waals surface area contributed by atoms with Gasteiger partial charge in [0, 0.05) is 28.4 Å². The number of carbonyl (C=O) groups excluding carboxylic acids is 1. The molecule has 6 rings (SSSR count). The van der Waals surface area contributed by atoms with E-state index in [0.717, 1.165) is 54.6 Å². The summed E-state index contributed by atoms with van der Waals surface area (Å²) >= 11 is 0. The van der Waals surface area contributed by atoms with Gasteiger partial charge in [-0.15, -0.1) is 0 Å². The van der Waals surface area contributed by atoms with Crippen LogP contribution in [0, 0.1) is 0 Å². The van der Waals surface area contributed by atoms with Gasteiger partial charge in [-0.1, -0.05) is 49.6 Å². The quantitative estimate of drug-likeness (QED) is 0.190. The summed E-state index contributed by atoms with van der Waals surface area (Å²) < 4.78 is 18.9. The number of hydrogen-bond acceptors (Lipinski definition) is 6. The van der Waals surface area contributed by atoms with E-state index in [2.05, 4.69) is 4.98 Å². The summed E-state index contributed by atoms with van der Waals surface area (Å²) in [5.74, 6) is 1.20. The second-order valence-corrected chi connectivity index (χ2v) is 10.3. The number of hydrogen-bond donors (Lipinski definition) is 1. The summed E-state index contributed by atoms with van der Waals surface area (Å²) in [5.41, 5.74) is 4.19. The van der Waals surface area contributed by atoms with E-state index in [9.17, 15) is 9.90 Å². The van der Waals surface area contributed by atoms with Gasteiger partial charge in [0.15, 0.2) is 11.5 Å². The molecule has 2 aromatic heterocycles. The number of ether oxygens (including phenoxy) is 2. The van der Waals surface area contributed by atoms with Gasteiger partial charge in [-0.3, -0.25) is 9.36 Å². The zero-order valence-electron chi connectivity index (χ0n) is 23.0. The van der Waals surface area contributed by atoms with Crippen LogP contribution in [-0.2, 0) is 6.61 Å². The topological polar surface area (TPSA) is 86.7 Å². The second-order valence-electron chi connectivity index (χ2n) is 10.3. The van der Waals surface area contributed by atoms with Crippen LogP contribution in [0.3, 0.4) is 0 Å². The zero-order chi connectivity index (χ0) is 28.2. The highest BCUT2D eigenvalue weighted by molar-refractivity contribution is 6.12. The maximum Gasteiger partial charge on any atom is 0.240 e. The summed E-state index contributed by atoms with van der Waals surface area (Å²) in [5, 5.41) is 11.8. The first kappa shape index (κ1) is 26.4. The monoisotopic (exact) mass is 548 g/mol. The highest BCUT2D eigenvalue weighted by Gasteiger charge is 2.34. The molecule has 0 atom stereocenters. The predicted octanol–water partition coefficient (Wildman–Crippen LogP) is 7.70. The Balaban J connectivity index is 1.51. The van der Waals surface area contributed by atoms with E-state index in [-0.39, 0.29) is 29.9 Å². The Hall–Kier alpha value is -4.78. The van der Waals surface area contributed by atoms with Gasteiger partial charge in [0.05, 0.1) is 18.9 Å². The van der Waals surface area contributed by atoms with Gasteiger partial charge in [-0.2, -0.15) is 0 Å². The van der Waals surface area contributed by atoms with Gasteiger partial charge in [0.25, 0.3) is 0 Å². The lowest BCUT2D eigenvalue weighted by molar-refractivity contribution is 0.103. The summed E-state index contributed by atoms with van der Waals surface area (Å²) in [6.07, 6.45) is 8.29. The van der Waals surface area contributed by atoms with E-state index in [4.69, 9.17) is 13.9 Å². The number of aromatic nitrogens is 2. The molecule has 1 aliphatic carbocycles. The van der Waals surface area contributed by atoms with Crippen LogP contribution in [0.1, 0.15) is 65.2 Å². The van der Waals surface area contributed by atoms with Crippen molar-refractivity contribution in [1.82, 2.24) is 9.55 Å². The molecular formula is C34H32N2O5. The Morgan fingerprint density at radius 2 is 1.71 bits per heavy atom. The maximum absolute atomic E-state index is 14.3. The van der Waals surface area contributed by atoms with Crippen LogP contribution in [0.15, 0.2) is 95.7 Å². The van der Waals surface area contributed by atoms with Crippen LogP contribution >= 0.6 is 0 Å². The van der Waals surface area contributed by atoms with Crippen molar-refractivity contribution < 1.29 is 23.8 Å². The molecule has 2 heterocycles. The van der Waals surface area contributed by atoms with E-state index < -0.39 is 0 Å². The molecule has 41 heavy (non-hydrogen) atoms. The van der Waals surface area contributed by atoms with Crippen LogP contribution in [0.5, 0.6) is 17.4 Å². The van der Waals surface area contributed by atoms with Gasteiger partial charge >= 0.3 is 0 Å². The fourth-order valence-corrected chi connectivity index (χ4v) is 5.67. The molecule has 0 unspecified atom stereocenters. The minimum atomic E-state index is -0.193. The minimum Gasteiger partial charge on any atom is -0.497 e. The van der Waals surface area contributed by atoms with Crippen molar-refractivity contribution in [3.63, 3.8) is 0 Å². The predicted molar refractivity (Wildman–Crippen MR) is 156 cm³/mol. The summed E-state index contributed by atoms with van der Waals surface area (Å²) in [6.45, 7) is 0.217. The van der Waals surface area contributed by atoms with Crippen LogP contribution in [-0.4, -0.2) is 27.6 Å². The Kier molecular flexibility index (Phi) is 7.58. The van der Waals surface area contributed by atoms with E-state index >= 15 is 0 Å². The van der Waals surface area contributed by atoms with Crippen LogP contribution < -0.4 is 9.47 Å². The van der Waals surface area contributed by atoms with Crippen molar-refractivity contribution >= 4 is 5.78 Å². The van der Waals surface area contributed by atoms with Gasteiger partial charge < -0.3 is 19.0 Å². The maximum atomic E-state index is 14.3. The molecule has 3 aromatic carbocycles. The SMILES string of the molecule is COc1ccc(C(=O)c2c(OCc3ccccc3)c(O)n(-c3ccc(-c4ncco4)cc3)c2C2CCCCC2)cc1. The first-order valence-corrected chi connectivity index (χ1v) is 14.0. The molecule has 7 nitrogen and oxygen atoms in total. The Morgan fingerprint density at radius 1 is 0.976 bits per heavy atom. The molecule has 0 amide bonds. The van der Waals surface area contributed by atoms with Crippen LogP contribution in [0.2, 0.25) is 0 Å². The Bertz CT molecular complexity index is 1600. The van der Waals surface area contributed by atoms with Crippen molar-refractivity contribution in [3.8, 4) is 34.5 Å². The first-order chi connectivity index (χ1) is 20.1. The molecule has 1 aliphatic rings. The molecule has 1 N–H and O–H groups in total. The number of benzene rings is 3. The molecule has 1 fully saturated rings. The van der Waals surface area contributed by atoms with Crippen LogP contribution in [0.25, 0.3) is 17.1 Å². The standard InChI is InChI=1S/C34H32N2O5/c1-39-28-18-14-25(15-19-28)31(37)29-30(24-10-6-3-7-11-24)36(27-16-12-26(13-17-27)33-35-20-21-40-33)34(38)32(29)41-22-23-8-4-2-5-9-23/h2,4-5,8-9,12-21,24,38H,3,6-7,10-11,22H2,1H3. The lowest BCUT2D eigenvalue weighted by atomic mass is 9.84. The number of ketones is 1. The average Bonchev–Trinajstić information content (AvgIpc) is 3.67. The van der Waals surface area contributed by atoms with Crippen molar-refractivity contribution in [2.75, 3.05) is 7.11 Å². The molecule has 0 radical (unpaired) electrons. The fourth-order valence-electron chi connectivity index (χ4n) is 5.67. The smallest absolute Gasteiger partial charge is 0.240 e. The van der Waals surface area contributed by atoms with Crippen molar-refractivity contribution in [2.24, 2.45) is 0 Å². The largest absolute Gasteiger partial charge is 0.497 e. The number of aromatic hydroxyl groups is 1. The molecular weight excluding hydrogens is 516 g/mol. The Morgan fingerprint density at radius 3 is 2.37 bits per heavy atom. The number of methoxy groups -OCH3 is 1. The molecule has 0 spiro atoms. The van der Waals surface area contributed by atoms with E-state index in [1.807, 2.05) is 54.6 Å². The van der Waals surface area contributed by atoms with Gasteiger partial charge in [0.1, 0.15) is 18.6 Å². The fraction of sp³-hybridized carbons (Fsp3) is 0.235. The van der Waals surface area contributed by atoms with Crippen LogP contribution in [0.4, 0.5) is 0 Å². The van der Waals surface area contributed by atoms with E-state index in [1.54, 1.807) is 42.1 Å². The number of rotatable bonds is 9. The molecule has 208 valence electrons. The molecule has 1 saturated carbocycles. The second kappa shape index (κ2) is 11.8. The Labute approximate surface area is 239 Å². The summed E-state index contributed by atoms with van der Waals surface area (Å²) in [4.78, 5) is 18.5. The zero-order valence-corrected chi connectivity index (χ0v) is 23.0. The first-order valence-electron chi connectivity index (χ1n) is 14.0. The average molecular weight is 549 g/mol. The van der Waals surface area contributed by atoms with E-state index in [1.165, 1.54) is 6.26 Å². The van der Waals surface area contributed by atoms with Crippen molar-refractivity contribution in [2.45, 2.75) is 44.6 Å². The lowest BCUT2D eigenvalue weighted by Crippen LogP contribution is -2.15. The van der Waals surface area contributed by atoms with Crippen molar-refractivity contribution in [1.29, 1.82) is 0 Å². The molecule has 5 aromatic rings. The van der Waals surface area contributed by atoms with Gasteiger partial charge in [-0.05, 0) is 66.9 Å². The molecule has 0 aliphatic heterocycles. The number of carbonyl (C=O) groups is 1. The third kappa shape index (κ3) is 5.35. The number of oxazole rings is 1. The normalized spacial score (nSPS) is 13.7.